The van der Waals surface area contributed by atoms with Crippen LogP contribution in [0.25, 0.3) is 0 Å². The van der Waals surface area contributed by atoms with Crippen LogP contribution in [0.1, 0.15) is 24.8 Å². The average molecular weight is 277 g/mol. The molecule has 19 heavy (non-hydrogen) atoms. The second kappa shape index (κ2) is 5.36. The molecular weight excluding hydrogens is 262 g/mol. The Morgan fingerprint density at radius 1 is 1.26 bits per heavy atom. The summed E-state index contributed by atoms with van der Waals surface area (Å²) >= 11 is 0. The number of hydrogen-bond donors (Lipinski definition) is 1. The van der Waals surface area contributed by atoms with Gasteiger partial charge in [-0.25, -0.2) is 4.39 Å². The summed E-state index contributed by atoms with van der Waals surface area (Å²) in [6, 6.07) is 2.31. The maximum absolute atomic E-state index is 13.9. The fraction of sp³-hybridized carbons (Fsp3) is 0.538. The van der Waals surface area contributed by atoms with Crippen molar-refractivity contribution >= 4 is 5.69 Å². The van der Waals surface area contributed by atoms with Gasteiger partial charge in [0.15, 0.2) is 0 Å². The van der Waals surface area contributed by atoms with E-state index in [9.17, 15) is 22.7 Å². The van der Waals surface area contributed by atoms with Crippen LogP contribution in [-0.4, -0.2) is 24.3 Å². The van der Waals surface area contributed by atoms with Gasteiger partial charge in [0.2, 0.25) is 0 Å². The first kappa shape index (κ1) is 14.1. The molecule has 106 valence electrons. The van der Waals surface area contributed by atoms with Crippen LogP contribution in [0.15, 0.2) is 18.2 Å². The highest BCUT2D eigenvalue weighted by molar-refractivity contribution is 5.51. The van der Waals surface area contributed by atoms with E-state index in [2.05, 4.69) is 0 Å². The van der Waals surface area contributed by atoms with Crippen molar-refractivity contribution in [3.05, 3.63) is 29.6 Å². The van der Waals surface area contributed by atoms with Crippen LogP contribution in [0.4, 0.5) is 23.2 Å². The lowest BCUT2D eigenvalue weighted by Crippen LogP contribution is -2.42. The van der Waals surface area contributed by atoms with E-state index in [0.717, 1.165) is 31.4 Å². The first-order valence-electron chi connectivity index (χ1n) is 6.17. The summed E-state index contributed by atoms with van der Waals surface area (Å²) in [5.41, 5.74) is -0.863. The first-order valence-corrected chi connectivity index (χ1v) is 6.17. The number of rotatable bonds is 2. The van der Waals surface area contributed by atoms with Crippen molar-refractivity contribution < 1.29 is 22.7 Å². The number of alkyl halides is 3. The minimum absolute atomic E-state index is 0.125. The minimum atomic E-state index is -4.54. The molecule has 1 aliphatic rings. The van der Waals surface area contributed by atoms with Gasteiger partial charge in [0.1, 0.15) is 5.82 Å². The number of anilines is 1. The number of hydrogen-bond acceptors (Lipinski definition) is 2. The van der Waals surface area contributed by atoms with E-state index in [4.69, 9.17) is 0 Å². The van der Waals surface area contributed by atoms with Gasteiger partial charge in [0.05, 0.1) is 23.9 Å². The fourth-order valence-electron chi connectivity index (χ4n) is 2.42. The van der Waals surface area contributed by atoms with Crippen molar-refractivity contribution in [2.75, 3.05) is 18.1 Å². The third-order valence-corrected chi connectivity index (χ3v) is 3.42. The molecular formula is C13H15F4NO. The van der Waals surface area contributed by atoms with Crippen molar-refractivity contribution in [3.8, 4) is 0 Å². The molecule has 1 fully saturated rings. The van der Waals surface area contributed by atoms with E-state index < -0.39 is 17.6 Å². The summed E-state index contributed by atoms with van der Waals surface area (Å²) in [4.78, 5) is 1.65. The molecule has 1 heterocycles. The summed E-state index contributed by atoms with van der Waals surface area (Å²) in [5.74, 6) is -0.893. The number of halogens is 4. The van der Waals surface area contributed by atoms with E-state index in [1.165, 1.54) is 0 Å². The van der Waals surface area contributed by atoms with E-state index in [-0.39, 0.29) is 18.3 Å². The molecule has 2 nitrogen and oxygen atoms in total. The Morgan fingerprint density at radius 3 is 2.58 bits per heavy atom. The summed E-state index contributed by atoms with van der Waals surface area (Å²) < 4.78 is 51.2. The standard InChI is InChI=1S/C13H15F4NO/c14-11-7-9(13(15,16)17)4-5-12(11)18-6-2-1-3-10(18)8-19/h4-5,7,10,19H,1-3,6,8H2. The average Bonchev–Trinajstić information content (AvgIpc) is 2.37. The molecule has 2 rings (SSSR count). The Morgan fingerprint density at radius 2 is 2.00 bits per heavy atom. The Labute approximate surface area is 108 Å². The van der Waals surface area contributed by atoms with E-state index in [0.29, 0.717) is 12.6 Å². The van der Waals surface area contributed by atoms with Gasteiger partial charge >= 0.3 is 6.18 Å². The highest BCUT2D eigenvalue weighted by atomic mass is 19.4. The van der Waals surface area contributed by atoms with E-state index >= 15 is 0 Å². The zero-order valence-electron chi connectivity index (χ0n) is 10.3. The van der Waals surface area contributed by atoms with Crippen LogP contribution in [0.3, 0.4) is 0 Å². The van der Waals surface area contributed by atoms with Gasteiger partial charge in [-0.1, -0.05) is 0 Å². The molecule has 0 bridgehead atoms. The lowest BCUT2D eigenvalue weighted by atomic mass is 10.0. The van der Waals surface area contributed by atoms with Crippen molar-refractivity contribution in [1.82, 2.24) is 0 Å². The maximum Gasteiger partial charge on any atom is 0.416 e. The zero-order valence-corrected chi connectivity index (χ0v) is 10.3. The third-order valence-electron chi connectivity index (χ3n) is 3.42. The fourth-order valence-corrected chi connectivity index (χ4v) is 2.42. The predicted molar refractivity (Wildman–Crippen MR) is 63.5 cm³/mol. The minimum Gasteiger partial charge on any atom is -0.394 e. The van der Waals surface area contributed by atoms with Gasteiger partial charge in [-0.2, -0.15) is 13.2 Å². The molecule has 1 atom stereocenters. The van der Waals surface area contributed by atoms with Gasteiger partial charge in [0.25, 0.3) is 0 Å². The molecule has 1 unspecified atom stereocenters. The van der Waals surface area contributed by atoms with Crippen molar-refractivity contribution in [3.63, 3.8) is 0 Å². The molecule has 1 N–H and O–H groups in total. The van der Waals surface area contributed by atoms with Crippen LogP contribution in [0, 0.1) is 5.82 Å². The lowest BCUT2D eigenvalue weighted by molar-refractivity contribution is -0.137. The highest BCUT2D eigenvalue weighted by Crippen LogP contribution is 2.34. The Balaban J connectivity index is 2.30. The second-order valence-corrected chi connectivity index (χ2v) is 4.69. The number of benzene rings is 1. The van der Waals surface area contributed by atoms with Gasteiger partial charge in [-0.05, 0) is 37.5 Å². The van der Waals surface area contributed by atoms with E-state index in [1.807, 2.05) is 0 Å². The van der Waals surface area contributed by atoms with Crippen LogP contribution in [0.5, 0.6) is 0 Å². The molecule has 1 aromatic rings. The van der Waals surface area contributed by atoms with Crippen LogP contribution in [-0.2, 0) is 6.18 Å². The monoisotopic (exact) mass is 277 g/mol. The normalized spacial score (nSPS) is 20.7. The lowest BCUT2D eigenvalue weighted by Gasteiger charge is -2.36. The molecule has 0 spiro atoms. The second-order valence-electron chi connectivity index (χ2n) is 4.69. The molecule has 1 aromatic carbocycles. The van der Waals surface area contributed by atoms with Gasteiger partial charge in [-0.3, -0.25) is 0 Å². The van der Waals surface area contributed by atoms with Crippen molar-refractivity contribution in [2.45, 2.75) is 31.5 Å². The molecule has 0 radical (unpaired) electrons. The van der Waals surface area contributed by atoms with Crippen LogP contribution >= 0.6 is 0 Å². The number of nitrogens with zero attached hydrogens (tertiary/aromatic N) is 1. The SMILES string of the molecule is OCC1CCCCN1c1ccc(C(F)(F)F)cc1F. The van der Waals surface area contributed by atoms with Crippen molar-refractivity contribution in [2.24, 2.45) is 0 Å². The largest absolute Gasteiger partial charge is 0.416 e. The number of piperidine rings is 1. The number of aliphatic hydroxyl groups is 1. The highest BCUT2D eigenvalue weighted by Gasteiger charge is 2.32. The molecule has 6 heteroatoms. The Kier molecular flexibility index (Phi) is 3.99. The first-order chi connectivity index (χ1) is 8.93. The summed E-state index contributed by atoms with van der Waals surface area (Å²) in [7, 11) is 0. The molecule has 1 aliphatic heterocycles. The summed E-state index contributed by atoms with van der Waals surface area (Å²) in [6.45, 7) is 0.425. The van der Waals surface area contributed by atoms with Gasteiger partial charge < -0.3 is 10.0 Å². The smallest absolute Gasteiger partial charge is 0.394 e. The van der Waals surface area contributed by atoms with Crippen LogP contribution < -0.4 is 4.90 Å². The number of aliphatic hydroxyl groups excluding tert-OH is 1. The Bertz CT molecular complexity index is 447. The quantitative estimate of drug-likeness (QED) is 0.839. The molecule has 1 saturated heterocycles. The zero-order chi connectivity index (χ0) is 14.0. The Hall–Kier alpha value is -1.30. The van der Waals surface area contributed by atoms with Gasteiger partial charge in [0, 0.05) is 6.54 Å². The molecule has 0 aliphatic carbocycles. The van der Waals surface area contributed by atoms with E-state index in [1.54, 1.807) is 4.90 Å². The maximum atomic E-state index is 13.9. The predicted octanol–water partition coefficient (Wildman–Crippen LogP) is 3.20. The van der Waals surface area contributed by atoms with Crippen LogP contribution in [0.2, 0.25) is 0 Å². The summed E-state index contributed by atoms with van der Waals surface area (Å²) in [6.07, 6.45) is -2.05. The molecule has 0 aromatic heterocycles. The topological polar surface area (TPSA) is 23.5 Å². The summed E-state index contributed by atoms with van der Waals surface area (Å²) in [5, 5.41) is 9.25. The molecule has 0 saturated carbocycles. The van der Waals surface area contributed by atoms with Gasteiger partial charge in [-0.15, -0.1) is 0 Å². The molecule has 0 amide bonds. The third kappa shape index (κ3) is 3.00. The van der Waals surface area contributed by atoms with Crippen molar-refractivity contribution in [1.29, 1.82) is 0 Å².